The van der Waals surface area contributed by atoms with Crippen molar-refractivity contribution < 1.29 is 13.2 Å². The van der Waals surface area contributed by atoms with Gasteiger partial charge in [-0.15, -0.1) is 0 Å². The minimum Gasteiger partial charge on any atom is -0.346 e. The molecule has 7 heteroatoms. The summed E-state index contributed by atoms with van der Waals surface area (Å²) in [5.41, 5.74) is 2.95. The summed E-state index contributed by atoms with van der Waals surface area (Å²) in [6.07, 6.45) is 1.41. The van der Waals surface area contributed by atoms with E-state index in [-0.39, 0.29) is 16.8 Å². The van der Waals surface area contributed by atoms with Crippen molar-refractivity contribution in [1.82, 2.24) is 8.87 Å². The van der Waals surface area contributed by atoms with Crippen LogP contribution in [0.1, 0.15) is 37.2 Å². The molecule has 6 nitrogen and oxygen atoms in total. The molecule has 1 unspecified atom stereocenters. The SMILES string of the molecule is Cc1ccc2n1CCN(S(=O)(=O)c1ccc(N3CCCC3=O)cc1)C2C. The van der Waals surface area contributed by atoms with E-state index in [0.717, 1.165) is 23.5 Å². The van der Waals surface area contributed by atoms with Crippen molar-refractivity contribution in [1.29, 1.82) is 0 Å². The third kappa shape index (κ3) is 2.66. The van der Waals surface area contributed by atoms with Gasteiger partial charge in [0.25, 0.3) is 0 Å². The van der Waals surface area contributed by atoms with Crippen LogP contribution in [0.15, 0.2) is 41.3 Å². The summed E-state index contributed by atoms with van der Waals surface area (Å²) in [7, 11) is -3.58. The van der Waals surface area contributed by atoms with E-state index in [1.54, 1.807) is 33.5 Å². The minimum absolute atomic E-state index is 0.0985. The minimum atomic E-state index is -3.58. The second kappa shape index (κ2) is 6.25. The fraction of sp³-hybridized carbons (Fsp3) is 0.421. The van der Waals surface area contributed by atoms with Crippen LogP contribution >= 0.6 is 0 Å². The van der Waals surface area contributed by atoms with Gasteiger partial charge in [0, 0.05) is 43.1 Å². The topological polar surface area (TPSA) is 62.6 Å². The molecule has 0 aliphatic carbocycles. The van der Waals surface area contributed by atoms with Crippen LogP contribution in [0.5, 0.6) is 0 Å². The lowest BCUT2D eigenvalue weighted by Crippen LogP contribution is -2.41. The molecule has 1 fully saturated rings. The van der Waals surface area contributed by atoms with Crippen molar-refractivity contribution in [2.45, 2.75) is 44.2 Å². The number of anilines is 1. The van der Waals surface area contributed by atoms with Gasteiger partial charge in [0.05, 0.1) is 10.9 Å². The largest absolute Gasteiger partial charge is 0.346 e. The molecule has 1 saturated heterocycles. The van der Waals surface area contributed by atoms with E-state index < -0.39 is 10.0 Å². The number of amides is 1. The van der Waals surface area contributed by atoms with Gasteiger partial charge in [0.15, 0.2) is 0 Å². The summed E-state index contributed by atoms with van der Waals surface area (Å²) in [4.78, 5) is 13.9. The Bertz CT molecular complexity index is 947. The third-order valence-corrected chi connectivity index (χ3v) is 7.45. The number of carbonyl (C=O) groups excluding carboxylic acids is 1. The number of carbonyl (C=O) groups is 1. The molecule has 2 aliphatic rings. The molecule has 0 saturated carbocycles. The van der Waals surface area contributed by atoms with Crippen molar-refractivity contribution in [3.8, 4) is 0 Å². The summed E-state index contributed by atoms with van der Waals surface area (Å²) >= 11 is 0. The lowest BCUT2D eigenvalue weighted by Gasteiger charge is -2.34. The number of hydrogen-bond acceptors (Lipinski definition) is 3. The fourth-order valence-electron chi connectivity index (χ4n) is 3.98. The highest BCUT2D eigenvalue weighted by molar-refractivity contribution is 7.89. The van der Waals surface area contributed by atoms with Gasteiger partial charge in [-0.3, -0.25) is 4.79 Å². The van der Waals surface area contributed by atoms with Gasteiger partial charge in [0.2, 0.25) is 15.9 Å². The highest BCUT2D eigenvalue weighted by Gasteiger charge is 2.34. The van der Waals surface area contributed by atoms with Gasteiger partial charge < -0.3 is 9.47 Å². The van der Waals surface area contributed by atoms with E-state index in [0.29, 0.717) is 26.1 Å². The molecule has 2 aliphatic heterocycles. The van der Waals surface area contributed by atoms with Gasteiger partial charge in [-0.1, -0.05) is 0 Å². The summed E-state index contributed by atoms with van der Waals surface area (Å²) in [5, 5.41) is 0. The van der Waals surface area contributed by atoms with Crippen molar-refractivity contribution in [2.24, 2.45) is 0 Å². The lowest BCUT2D eigenvalue weighted by molar-refractivity contribution is -0.117. The number of sulfonamides is 1. The number of rotatable bonds is 3. The summed E-state index contributed by atoms with van der Waals surface area (Å²) in [5.74, 6) is 0.0985. The van der Waals surface area contributed by atoms with E-state index in [1.807, 2.05) is 26.0 Å². The van der Waals surface area contributed by atoms with Crippen molar-refractivity contribution in [3.63, 3.8) is 0 Å². The first-order valence-electron chi connectivity index (χ1n) is 8.98. The zero-order valence-corrected chi connectivity index (χ0v) is 15.9. The molecule has 1 aromatic heterocycles. The molecule has 4 rings (SSSR count). The number of hydrogen-bond donors (Lipinski definition) is 0. The molecule has 2 aromatic rings. The summed E-state index contributed by atoms with van der Waals surface area (Å²) in [6.45, 7) is 5.79. The molecule has 1 atom stereocenters. The first kappa shape index (κ1) is 17.3. The average Bonchev–Trinajstić information content (AvgIpc) is 3.22. The number of aryl methyl sites for hydroxylation is 1. The van der Waals surface area contributed by atoms with Crippen LogP contribution in [0.3, 0.4) is 0 Å². The Balaban J connectivity index is 1.62. The molecular formula is C19H23N3O3S. The third-order valence-electron chi connectivity index (χ3n) is 5.47. The Hall–Kier alpha value is -2.12. The number of aromatic nitrogens is 1. The normalized spacial score (nSPS) is 21.2. The van der Waals surface area contributed by atoms with Crippen LogP contribution < -0.4 is 4.90 Å². The smallest absolute Gasteiger partial charge is 0.243 e. The van der Waals surface area contributed by atoms with Crippen molar-refractivity contribution in [3.05, 3.63) is 47.8 Å². The predicted molar refractivity (Wildman–Crippen MR) is 99.5 cm³/mol. The molecule has 3 heterocycles. The van der Waals surface area contributed by atoms with Crippen LogP contribution in [0.2, 0.25) is 0 Å². The zero-order valence-electron chi connectivity index (χ0n) is 15.1. The van der Waals surface area contributed by atoms with E-state index in [4.69, 9.17) is 0 Å². The van der Waals surface area contributed by atoms with Crippen molar-refractivity contribution in [2.75, 3.05) is 18.0 Å². The second-order valence-electron chi connectivity index (χ2n) is 6.99. The Kier molecular flexibility index (Phi) is 4.16. The molecule has 1 aromatic carbocycles. The Morgan fingerprint density at radius 1 is 1.00 bits per heavy atom. The Labute approximate surface area is 154 Å². The summed E-state index contributed by atoms with van der Waals surface area (Å²) < 4.78 is 30.0. The first-order chi connectivity index (χ1) is 12.4. The Morgan fingerprint density at radius 2 is 1.73 bits per heavy atom. The predicted octanol–water partition coefficient (Wildman–Crippen LogP) is 2.69. The van der Waals surface area contributed by atoms with Gasteiger partial charge >= 0.3 is 0 Å². The van der Waals surface area contributed by atoms with Gasteiger partial charge in [-0.25, -0.2) is 8.42 Å². The molecule has 0 bridgehead atoms. The molecule has 1 amide bonds. The lowest BCUT2D eigenvalue weighted by atomic mass is 10.2. The maximum absolute atomic E-state index is 13.1. The van der Waals surface area contributed by atoms with Gasteiger partial charge in [0.1, 0.15) is 0 Å². The average molecular weight is 373 g/mol. The quantitative estimate of drug-likeness (QED) is 0.831. The number of nitrogens with zero attached hydrogens (tertiary/aromatic N) is 3. The highest BCUT2D eigenvalue weighted by Crippen LogP contribution is 2.33. The molecule has 26 heavy (non-hydrogen) atoms. The fourth-order valence-corrected chi connectivity index (χ4v) is 5.58. The van der Waals surface area contributed by atoms with Crippen LogP contribution in [0.25, 0.3) is 0 Å². The Morgan fingerprint density at radius 3 is 2.38 bits per heavy atom. The summed E-state index contributed by atoms with van der Waals surface area (Å²) in [6, 6.07) is 10.5. The molecule has 0 radical (unpaired) electrons. The maximum Gasteiger partial charge on any atom is 0.243 e. The number of fused-ring (bicyclic) bond motifs is 1. The van der Waals surface area contributed by atoms with Crippen LogP contribution in [-0.4, -0.2) is 36.3 Å². The van der Waals surface area contributed by atoms with E-state index in [2.05, 4.69) is 4.57 Å². The molecule has 0 spiro atoms. The van der Waals surface area contributed by atoms with Crippen LogP contribution in [-0.2, 0) is 21.4 Å². The molecule has 138 valence electrons. The second-order valence-corrected chi connectivity index (χ2v) is 8.88. The standard InChI is InChI=1S/C19H23N3O3S/c1-14-5-10-18-15(2)22(13-12-20(14)18)26(24,25)17-8-6-16(7-9-17)21-11-3-4-19(21)23/h5-10,15H,3-4,11-13H2,1-2H3. The molecule has 0 N–H and O–H groups in total. The first-order valence-corrected chi connectivity index (χ1v) is 10.4. The molecular weight excluding hydrogens is 350 g/mol. The van der Waals surface area contributed by atoms with E-state index in [1.165, 1.54) is 0 Å². The highest BCUT2D eigenvalue weighted by atomic mass is 32.2. The zero-order chi connectivity index (χ0) is 18.5. The number of benzene rings is 1. The van der Waals surface area contributed by atoms with Gasteiger partial charge in [-0.05, 0) is 56.7 Å². The monoisotopic (exact) mass is 373 g/mol. The van der Waals surface area contributed by atoms with Gasteiger partial charge in [-0.2, -0.15) is 4.31 Å². The van der Waals surface area contributed by atoms with E-state index in [9.17, 15) is 13.2 Å². The van der Waals surface area contributed by atoms with Crippen molar-refractivity contribution >= 4 is 21.6 Å². The van der Waals surface area contributed by atoms with Crippen LogP contribution in [0, 0.1) is 6.92 Å². The van der Waals surface area contributed by atoms with Crippen LogP contribution in [0.4, 0.5) is 5.69 Å². The van der Waals surface area contributed by atoms with E-state index >= 15 is 0 Å². The maximum atomic E-state index is 13.1.